The molecule has 4 N–H and O–H groups in total. The smallest absolute Gasteiger partial charge is 0.382 e. The number of rotatable bonds is 6. The minimum absolute atomic E-state index is 0.0712. The van der Waals surface area contributed by atoms with E-state index in [-0.39, 0.29) is 34.8 Å². The van der Waals surface area contributed by atoms with Gasteiger partial charge in [-0.05, 0) is 18.7 Å². The van der Waals surface area contributed by atoms with Crippen molar-refractivity contribution >= 4 is 40.0 Å². The summed E-state index contributed by atoms with van der Waals surface area (Å²) in [4.78, 5) is 15.8. The summed E-state index contributed by atoms with van der Waals surface area (Å²) in [6.07, 6.45) is 0. The van der Waals surface area contributed by atoms with Crippen molar-refractivity contribution in [2.24, 2.45) is 0 Å². The van der Waals surface area contributed by atoms with Gasteiger partial charge in [0.2, 0.25) is 0 Å². The third-order valence-corrected chi connectivity index (χ3v) is 3.60. The number of aromatic nitrogens is 1. The van der Waals surface area contributed by atoms with Gasteiger partial charge < -0.3 is 16.4 Å². The van der Waals surface area contributed by atoms with Gasteiger partial charge in [0.1, 0.15) is 10.7 Å². The molecule has 0 aliphatic carbocycles. The lowest BCUT2D eigenvalue weighted by molar-refractivity contribution is -0.0327. The third kappa shape index (κ3) is 5.55. The number of hydrogen-bond donors (Lipinski definition) is 3. The van der Waals surface area contributed by atoms with Crippen molar-refractivity contribution in [3.05, 3.63) is 4.88 Å². The molecule has 1 heterocycles. The predicted molar refractivity (Wildman–Crippen MR) is 71.5 cm³/mol. The van der Waals surface area contributed by atoms with Crippen LogP contribution >= 0.6 is 23.1 Å². The number of carbonyl (C=O) groups excluding carboxylic acids is 1. The summed E-state index contributed by atoms with van der Waals surface area (Å²) in [7, 11) is 0. The Labute approximate surface area is 116 Å². The molecule has 0 atom stereocenters. The zero-order chi connectivity index (χ0) is 14.5. The Hall–Kier alpha value is -1.16. The summed E-state index contributed by atoms with van der Waals surface area (Å²) in [5.41, 5.74) is 1.27. The zero-order valence-corrected chi connectivity index (χ0v) is 11.6. The van der Waals surface area contributed by atoms with Crippen LogP contribution in [0.2, 0.25) is 0 Å². The second-order valence-corrected chi connectivity index (χ2v) is 5.47. The highest BCUT2D eigenvalue weighted by Crippen LogP contribution is 2.29. The van der Waals surface area contributed by atoms with Crippen molar-refractivity contribution in [1.82, 2.24) is 10.3 Å². The van der Waals surface area contributed by atoms with Crippen molar-refractivity contribution < 1.29 is 18.0 Å². The van der Waals surface area contributed by atoms with E-state index in [0.717, 1.165) is 11.3 Å². The van der Waals surface area contributed by atoms with Gasteiger partial charge in [-0.25, -0.2) is 4.98 Å². The molecular weight excluding hydrogens is 301 g/mol. The lowest BCUT2D eigenvalue weighted by atomic mass is 10.4. The minimum Gasteiger partial charge on any atom is -0.382 e. The molecule has 108 valence electrons. The number of thiazole rings is 1. The number of hydrogen-bond acceptors (Lipinski definition) is 6. The van der Waals surface area contributed by atoms with E-state index in [0.29, 0.717) is 11.7 Å². The van der Waals surface area contributed by atoms with Crippen LogP contribution in [0.5, 0.6) is 0 Å². The van der Waals surface area contributed by atoms with Crippen LogP contribution in [0, 0.1) is 0 Å². The van der Waals surface area contributed by atoms with E-state index in [1.54, 1.807) is 0 Å². The number of nitrogens with zero attached hydrogens (tertiary/aromatic N) is 1. The quantitative estimate of drug-likeness (QED) is 0.701. The highest BCUT2D eigenvalue weighted by Gasteiger charge is 2.27. The van der Waals surface area contributed by atoms with E-state index >= 15 is 0 Å². The number of nitrogens with one attached hydrogen (secondary N) is 2. The second kappa shape index (κ2) is 6.85. The van der Waals surface area contributed by atoms with E-state index in [9.17, 15) is 18.0 Å². The minimum atomic E-state index is -4.29. The molecule has 0 fully saturated rings. The number of anilines is 2. The third-order valence-electron chi connectivity index (χ3n) is 1.84. The molecule has 0 spiro atoms. The highest BCUT2D eigenvalue weighted by atomic mass is 32.2. The van der Waals surface area contributed by atoms with Crippen LogP contribution in [-0.2, 0) is 0 Å². The maximum atomic E-state index is 11.9. The maximum absolute atomic E-state index is 11.9. The first kappa shape index (κ1) is 15.9. The Kier molecular flexibility index (Phi) is 5.73. The van der Waals surface area contributed by atoms with Crippen LogP contribution in [0.4, 0.5) is 24.1 Å². The molecule has 19 heavy (non-hydrogen) atoms. The average molecular weight is 314 g/mol. The van der Waals surface area contributed by atoms with Crippen molar-refractivity contribution in [2.75, 3.05) is 29.9 Å². The molecular formula is C9H13F3N4OS2. The van der Waals surface area contributed by atoms with Crippen molar-refractivity contribution in [2.45, 2.75) is 12.4 Å². The van der Waals surface area contributed by atoms with E-state index < -0.39 is 11.4 Å². The van der Waals surface area contributed by atoms with Gasteiger partial charge in [0.05, 0.1) is 0 Å². The molecule has 1 aromatic rings. The molecule has 0 aromatic carbocycles. The molecule has 0 aliphatic heterocycles. The summed E-state index contributed by atoms with van der Waals surface area (Å²) in [6, 6.07) is 0. The number of nitrogen functional groups attached to an aromatic ring is 1. The molecule has 10 heteroatoms. The Morgan fingerprint density at radius 3 is 2.79 bits per heavy atom. The molecule has 1 aromatic heterocycles. The lowest BCUT2D eigenvalue weighted by Gasteiger charge is -2.06. The van der Waals surface area contributed by atoms with E-state index in [2.05, 4.69) is 15.6 Å². The van der Waals surface area contributed by atoms with E-state index in [4.69, 9.17) is 5.73 Å². The summed E-state index contributed by atoms with van der Waals surface area (Å²) < 4.78 is 35.6. The Morgan fingerprint density at radius 2 is 2.21 bits per heavy atom. The van der Waals surface area contributed by atoms with Gasteiger partial charge in [0, 0.05) is 18.8 Å². The van der Waals surface area contributed by atoms with Crippen molar-refractivity contribution in [3.63, 3.8) is 0 Å². The molecule has 1 rings (SSSR count). The summed E-state index contributed by atoms with van der Waals surface area (Å²) >= 11 is 0.885. The molecule has 0 saturated carbocycles. The highest BCUT2D eigenvalue weighted by molar-refractivity contribution is 8.00. The van der Waals surface area contributed by atoms with E-state index in [1.165, 1.54) is 0 Å². The molecule has 0 radical (unpaired) electrons. The topological polar surface area (TPSA) is 80.0 Å². The Bertz CT molecular complexity index is 436. The fourth-order valence-electron chi connectivity index (χ4n) is 1.13. The van der Waals surface area contributed by atoms with Crippen LogP contribution in [0.1, 0.15) is 16.6 Å². The number of carbonyl (C=O) groups is 1. The number of alkyl halides is 3. The monoisotopic (exact) mass is 314 g/mol. The zero-order valence-electron chi connectivity index (χ0n) is 10.0. The summed E-state index contributed by atoms with van der Waals surface area (Å²) in [5.74, 6) is -0.683. The molecule has 1 amide bonds. The van der Waals surface area contributed by atoms with Crippen molar-refractivity contribution in [3.8, 4) is 0 Å². The fraction of sp³-hybridized carbons (Fsp3) is 0.556. The molecule has 5 nitrogen and oxygen atoms in total. The SMILES string of the molecule is CCNc1nc(N)c(C(=O)NCCSC(F)(F)F)s1. The normalized spacial score (nSPS) is 11.4. The van der Waals surface area contributed by atoms with Gasteiger partial charge in [-0.3, -0.25) is 4.79 Å². The fourth-order valence-corrected chi connectivity index (χ4v) is 2.44. The van der Waals surface area contributed by atoms with Crippen LogP contribution in [0.15, 0.2) is 0 Å². The van der Waals surface area contributed by atoms with Crippen molar-refractivity contribution in [1.29, 1.82) is 0 Å². The number of amides is 1. The second-order valence-electron chi connectivity index (χ2n) is 3.31. The Balaban J connectivity index is 2.45. The molecule has 0 unspecified atom stereocenters. The lowest BCUT2D eigenvalue weighted by Crippen LogP contribution is -2.26. The molecule has 0 saturated heterocycles. The van der Waals surface area contributed by atoms with Gasteiger partial charge in [0.25, 0.3) is 5.91 Å². The first-order valence-corrected chi connectivity index (χ1v) is 7.12. The van der Waals surface area contributed by atoms with Crippen LogP contribution in [0.3, 0.4) is 0 Å². The van der Waals surface area contributed by atoms with Gasteiger partial charge in [0.15, 0.2) is 5.13 Å². The van der Waals surface area contributed by atoms with Crippen LogP contribution in [-0.4, -0.2) is 35.2 Å². The largest absolute Gasteiger partial charge is 0.441 e. The first-order chi connectivity index (χ1) is 8.83. The first-order valence-electron chi connectivity index (χ1n) is 5.32. The predicted octanol–water partition coefficient (Wildman–Crippen LogP) is 2.14. The number of halogens is 3. The summed E-state index contributed by atoms with van der Waals surface area (Å²) in [6.45, 7) is 2.42. The Morgan fingerprint density at radius 1 is 1.53 bits per heavy atom. The average Bonchev–Trinajstić information content (AvgIpc) is 2.65. The van der Waals surface area contributed by atoms with Crippen LogP contribution < -0.4 is 16.4 Å². The van der Waals surface area contributed by atoms with E-state index in [1.807, 2.05) is 6.92 Å². The van der Waals surface area contributed by atoms with Gasteiger partial charge >= 0.3 is 5.51 Å². The standard InChI is InChI=1S/C9H13F3N4OS2/c1-2-14-8-16-6(13)5(19-8)7(17)15-3-4-18-9(10,11)12/h2-4,13H2,1H3,(H,14,16)(H,15,17). The number of nitrogens with two attached hydrogens (primary N) is 1. The van der Waals surface area contributed by atoms with Gasteiger partial charge in [-0.15, -0.1) is 0 Å². The molecule has 0 aliphatic rings. The van der Waals surface area contributed by atoms with Crippen LogP contribution in [0.25, 0.3) is 0 Å². The number of thioether (sulfide) groups is 1. The molecule has 0 bridgehead atoms. The maximum Gasteiger partial charge on any atom is 0.441 e. The summed E-state index contributed by atoms with van der Waals surface area (Å²) in [5, 5.41) is 5.79. The van der Waals surface area contributed by atoms with Gasteiger partial charge in [-0.1, -0.05) is 11.3 Å². The van der Waals surface area contributed by atoms with Gasteiger partial charge in [-0.2, -0.15) is 13.2 Å².